The summed E-state index contributed by atoms with van der Waals surface area (Å²) in [6, 6.07) is 20.0. The van der Waals surface area contributed by atoms with E-state index in [1.165, 1.54) is 43.3 Å². The van der Waals surface area contributed by atoms with Gasteiger partial charge in [-0.2, -0.15) is 0 Å². The van der Waals surface area contributed by atoms with Crippen LogP contribution in [0, 0.1) is 5.82 Å². The summed E-state index contributed by atoms with van der Waals surface area (Å²) in [5.74, 6) is -0.194. The Morgan fingerprint density at radius 1 is 0.968 bits per heavy atom. The highest BCUT2D eigenvalue weighted by atomic mass is 19.1. The van der Waals surface area contributed by atoms with E-state index >= 15 is 0 Å². The third kappa shape index (κ3) is 6.05. The summed E-state index contributed by atoms with van der Waals surface area (Å²) in [7, 11) is 3.03. The maximum Gasteiger partial charge on any atom is 0.254 e. The van der Waals surface area contributed by atoms with Gasteiger partial charge in [-0.1, -0.05) is 30.3 Å². The van der Waals surface area contributed by atoms with Crippen LogP contribution in [-0.4, -0.2) is 37.4 Å². The predicted molar refractivity (Wildman–Crippen MR) is 116 cm³/mol. The summed E-state index contributed by atoms with van der Waals surface area (Å²) >= 11 is 0. The Kier molecular flexibility index (Phi) is 7.22. The highest BCUT2D eigenvalue weighted by Gasteiger charge is 2.17. The van der Waals surface area contributed by atoms with Gasteiger partial charge in [0.25, 0.3) is 5.91 Å². The van der Waals surface area contributed by atoms with Gasteiger partial charge in [0.1, 0.15) is 12.4 Å². The number of nitrogens with zero attached hydrogens (tertiary/aromatic N) is 1. The third-order valence-electron chi connectivity index (χ3n) is 4.50. The van der Waals surface area contributed by atoms with Crippen LogP contribution >= 0.6 is 0 Å². The van der Waals surface area contributed by atoms with E-state index < -0.39 is 11.7 Å². The molecule has 2 amide bonds. The third-order valence-corrected chi connectivity index (χ3v) is 4.50. The molecule has 0 unspecified atom stereocenters. The fourth-order valence-electron chi connectivity index (χ4n) is 2.90. The van der Waals surface area contributed by atoms with Crippen molar-refractivity contribution in [3.8, 4) is 11.5 Å². The van der Waals surface area contributed by atoms with Crippen molar-refractivity contribution >= 4 is 17.5 Å². The molecule has 0 heterocycles. The second-order valence-electron chi connectivity index (χ2n) is 6.86. The standard InChI is InChI=1S/C24H23FN2O4/c1-27(15-23(28)26-20-11-9-19(25)10-12-20)24(29)18-8-13-21(22(14-18)30-2)31-16-17-6-4-3-5-7-17/h3-14H,15-16H2,1-2H3,(H,26,28). The molecule has 3 aromatic rings. The van der Waals surface area contributed by atoms with Crippen LogP contribution in [0.1, 0.15) is 15.9 Å². The Labute approximate surface area is 180 Å². The van der Waals surface area contributed by atoms with Crippen LogP contribution in [0.4, 0.5) is 10.1 Å². The van der Waals surface area contributed by atoms with Crippen molar-refractivity contribution in [2.24, 2.45) is 0 Å². The van der Waals surface area contributed by atoms with Gasteiger partial charge in [0.05, 0.1) is 13.7 Å². The maximum absolute atomic E-state index is 13.0. The summed E-state index contributed by atoms with van der Waals surface area (Å²) in [5, 5.41) is 2.63. The number of benzene rings is 3. The molecule has 0 radical (unpaired) electrons. The van der Waals surface area contributed by atoms with Crippen LogP contribution in [0.2, 0.25) is 0 Å². The topological polar surface area (TPSA) is 67.9 Å². The molecule has 0 saturated carbocycles. The molecule has 0 aliphatic rings. The lowest BCUT2D eigenvalue weighted by Gasteiger charge is -2.18. The van der Waals surface area contributed by atoms with E-state index in [1.807, 2.05) is 30.3 Å². The van der Waals surface area contributed by atoms with Gasteiger partial charge in [0.15, 0.2) is 11.5 Å². The average molecular weight is 422 g/mol. The molecule has 6 nitrogen and oxygen atoms in total. The number of halogens is 1. The largest absolute Gasteiger partial charge is 0.493 e. The van der Waals surface area contributed by atoms with Crippen molar-refractivity contribution in [1.29, 1.82) is 0 Å². The number of hydrogen-bond donors (Lipinski definition) is 1. The van der Waals surface area contributed by atoms with E-state index in [4.69, 9.17) is 9.47 Å². The monoisotopic (exact) mass is 422 g/mol. The van der Waals surface area contributed by atoms with E-state index in [0.29, 0.717) is 29.4 Å². The van der Waals surface area contributed by atoms with Gasteiger partial charge in [-0.3, -0.25) is 9.59 Å². The first-order valence-corrected chi connectivity index (χ1v) is 9.62. The van der Waals surface area contributed by atoms with Crippen molar-refractivity contribution in [3.63, 3.8) is 0 Å². The van der Waals surface area contributed by atoms with Crippen molar-refractivity contribution in [1.82, 2.24) is 4.90 Å². The van der Waals surface area contributed by atoms with Crippen LogP contribution in [0.5, 0.6) is 11.5 Å². The highest BCUT2D eigenvalue weighted by Crippen LogP contribution is 2.29. The molecule has 7 heteroatoms. The van der Waals surface area contributed by atoms with Gasteiger partial charge in [-0.15, -0.1) is 0 Å². The van der Waals surface area contributed by atoms with Gasteiger partial charge < -0.3 is 19.7 Å². The van der Waals surface area contributed by atoms with E-state index in [9.17, 15) is 14.0 Å². The SMILES string of the molecule is COc1cc(C(=O)N(C)CC(=O)Nc2ccc(F)cc2)ccc1OCc1ccccc1. The molecule has 160 valence electrons. The highest BCUT2D eigenvalue weighted by molar-refractivity contribution is 5.99. The Balaban J connectivity index is 1.61. The summed E-state index contributed by atoms with van der Waals surface area (Å²) in [5.41, 5.74) is 1.83. The van der Waals surface area contributed by atoms with Crippen LogP contribution in [-0.2, 0) is 11.4 Å². The molecule has 3 aromatic carbocycles. The minimum Gasteiger partial charge on any atom is -0.493 e. The lowest BCUT2D eigenvalue weighted by molar-refractivity contribution is -0.116. The zero-order valence-electron chi connectivity index (χ0n) is 17.3. The zero-order valence-corrected chi connectivity index (χ0v) is 17.3. The summed E-state index contributed by atoms with van der Waals surface area (Å²) in [4.78, 5) is 26.2. The molecule has 0 saturated heterocycles. The molecule has 0 aromatic heterocycles. The molecule has 0 atom stereocenters. The number of likely N-dealkylation sites (N-methyl/N-ethyl adjacent to an activating group) is 1. The molecule has 31 heavy (non-hydrogen) atoms. The van der Waals surface area contributed by atoms with Crippen LogP contribution < -0.4 is 14.8 Å². The lowest BCUT2D eigenvalue weighted by Crippen LogP contribution is -2.34. The number of ether oxygens (including phenoxy) is 2. The number of rotatable bonds is 8. The number of carbonyl (C=O) groups excluding carboxylic acids is 2. The zero-order chi connectivity index (χ0) is 22.2. The number of anilines is 1. The molecule has 0 bridgehead atoms. The van der Waals surface area contributed by atoms with Crippen LogP contribution in [0.15, 0.2) is 72.8 Å². The van der Waals surface area contributed by atoms with Crippen LogP contribution in [0.3, 0.4) is 0 Å². The second-order valence-corrected chi connectivity index (χ2v) is 6.86. The molecule has 1 N–H and O–H groups in total. The minimum atomic E-state index is -0.393. The number of nitrogens with one attached hydrogen (secondary N) is 1. The average Bonchev–Trinajstić information content (AvgIpc) is 2.79. The molecular formula is C24H23FN2O4. The normalized spacial score (nSPS) is 10.3. The predicted octanol–water partition coefficient (Wildman–Crippen LogP) is 4.12. The van der Waals surface area contributed by atoms with Gasteiger partial charge in [-0.05, 0) is 48.0 Å². The van der Waals surface area contributed by atoms with Crippen molar-refractivity contribution in [2.75, 3.05) is 26.0 Å². The van der Waals surface area contributed by atoms with Crippen molar-refractivity contribution in [2.45, 2.75) is 6.61 Å². The first-order chi connectivity index (χ1) is 15.0. The Morgan fingerprint density at radius 3 is 2.35 bits per heavy atom. The first kappa shape index (κ1) is 21.8. The second kappa shape index (κ2) is 10.2. The van der Waals surface area contributed by atoms with Crippen molar-refractivity contribution < 1.29 is 23.5 Å². The Bertz CT molecular complexity index is 1040. The first-order valence-electron chi connectivity index (χ1n) is 9.62. The summed E-state index contributed by atoms with van der Waals surface area (Å²) in [6.07, 6.45) is 0. The molecule has 0 spiro atoms. The Morgan fingerprint density at radius 2 is 1.68 bits per heavy atom. The van der Waals surface area contributed by atoms with Crippen molar-refractivity contribution in [3.05, 3.63) is 89.7 Å². The lowest BCUT2D eigenvalue weighted by atomic mass is 10.1. The summed E-state index contributed by atoms with van der Waals surface area (Å²) < 4.78 is 24.1. The van der Waals surface area contributed by atoms with E-state index in [2.05, 4.69) is 5.32 Å². The smallest absolute Gasteiger partial charge is 0.254 e. The number of carbonyl (C=O) groups is 2. The fraction of sp³-hybridized carbons (Fsp3) is 0.167. The number of amides is 2. The van der Waals surface area contributed by atoms with E-state index in [1.54, 1.807) is 18.2 Å². The van der Waals surface area contributed by atoms with Crippen LogP contribution in [0.25, 0.3) is 0 Å². The molecule has 3 rings (SSSR count). The maximum atomic E-state index is 13.0. The summed E-state index contributed by atoms with van der Waals surface area (Å²) in [6.45, 7) is 0.207. The quantitative estimate of drug-likeness (QED) is 0.593. The molecule has 0 aliphatic carbocycles. The Hall–Kier alpha value is -3.87. The van der Waals surface area contributed by atoms with E-state index in [0.717, 1.165) is 5.56 Å². The van der Waals surface area contributed by atoms with E-state index in [-0.39, 0.29) is 12.5 Å². The van der Waals surface area contributed by atoms with Gasteiger partial charge in [0, 0.05) is 18.3 Å². The molecule has 0 fully saturated rings. The number of methoxy groups -OCH3 is 1. The van der Waals surface area contributed by atoms with Gasteiger partial charge in [-0.25, -0.2) is 4.39 Å². The molecular weight excluding hydrogens is 399 g/mol. The van der Waals surface area contributed by atoms with Gasteiger partial charge in [0.2, 0.25) is 5.91 Å². The van der Waals surface area contributed by atoms with Gasteiger partial charge >= 0.3 is 0 Å². The number of hydrogen-bond acceptors (Lipinski definition) is 4. The minimum absolute atomic E-state index is 0.162. The molecule has 0 aliphatic heterocycles. The fourth-order valence-corrected chi connectivity index (χ4v) is 2.90.